The molecule has 0 radical (unpaired) electrons. The van der Waals surface area contributed by atoms with E-state index in [1.807, 2.05) is 11.9 Å². The van der Waals surface area contributed by atoms with Crippen LogP contribution in [0.25, 0.3) is 0 Å². The number of nitrogens with one attached hydrogen (secondary N) is 6. The Balaban J connectivity index is 3.66. The summed E-state index contributed by atoms with van der Waals surface area (Å²) >= 11 is 0. The molecule has 0 aliphatic carbocycles. The Morgan fingerprint density at radius 2 is 1.28 bits per heavy atom. The van der Waals surface area contributed by atoms with Crippen LogP contribution in [0.1, 0.15) is 202 Å². The normalized spacial score (nSPS) is 14.2. The first-order chi connectivity index (χ1) is 30.7. The van der Waals surface area contributed by atoms with Crippen molar-refractivity contribution in [2.75, 3.05) is 55.4 Å². The molecule has 0 aromatic heterocycles. The zero-order valence-electron chi connectivity index (χ0n) is 44.4. The molecule has 6 N–H and O–H groups in total. The van der Waals surface area contributed by atoms with E-state index in [0.717, 1.165) is 109 Å². The molecule has 3 atom stereocenters. The van der Waals surface area contributed by atoms with Gasteiger partial charge >= 0.3 is 0 Å². The van der Waals surface area contributed by atoms with Crippen molar-refractivity contribution in [3.8, 4) is 0 Å². The number of nitrogens with zero attached hydrogens (tertiary/aromatic N) is 3. The van der Waals surface area contributed by atoms with E-state index in [-0.39, 0.29) is 18.0 Å². The molecule has 0 heterocycles. The SMILES string of the molecule is CCCCCCNC(C(=O)N(C)CC)(N(NC(C)C)c1ccccc1CC)N(NCCCCC)C(CC)(NCC(C)C)c1c(CC)c(NCCCC)c(CC)c(NC(C)CC)c1CC. The summed E-state index contributed by atoms with van der Waals surface area (Å²) < 4.78 is 0. The van der Waals surface area contributed by atoms with Gasteiger partial charge in [-0.05, 0) is 138 Å². The average Bonchev–Trinajstić information content (AvgIpc) is 3.29. The minimum absolute atomic E-state index is 0.00256. The first-order valence-electron chi connectivity index (χ1n) is 26.4. The fraction of sp³-hybridized carbons (Fsp3) is 0.759. The molecular formula is C54H101N9O. The number of likely N-dealkylation sites (N-methyl/N-ethyl adjacent to an activating group) is 1. The van der Waals surface area contributed by atoms with Crippen LogP contribution in [0.4, 0.5) is 17.1 Å². The molecule has 0 aliphatic rings. The molecule has 1 amide bonds. The summed E-state index contributed by atoms with van der Waals surface area (Å²) in [4.78, 5) is 18.5. The summed E-state index contributed by atoms with van der Waals surface area (Å²) in [5, 5.41) is 21.4. The highest BCUT2D eigenvalue weighted by Gasteiger charge is 2.59. The van der Waals surface area contributed by atoms with Gasteiger partial charge in [0.15, 0.2) is 0 Å². The molecule has 10 heteroatoms. The van der Waals surface area contributed by atoms with Gasteiger partial charge in [-0.15, -0.1) is 0 Å². The third-order valence-corrected chi connectivity index (χ3v) is 13.0. The number of carbonyl (C=O) groups excluding carboxylic acids is 1. The number of unbranched alkanes of at least 4 members (excludes halogenated alkanes) is 6. The maximum Gasteiger partial charge on any atom is 0.282 e. The lowest BCUT2D eigenvalue weighted by Gasteiger charge is -2.59. The van der Waals surface area contributed by atoms with Crippen LogP contribution in [0.3, 0.4) is 0 Å². The largest absolute Gasteiger partial charge is 0.385 e. The Kier molecular flexibility index (Phi) is 26.6. The molecule has 0 bridgehead atoms. The van der Waals surface area contributed by atoms with E-state index in [4.69, 9.17) is 0 Å². The van der Waals surface area contributed by atoms with Crippen molar-refractivity contribution in [1.29, 1.82) is 0 Å². The van der Waals surface area contributed by atoms with E-state index >= 15 is 4.79 Å². The summed E-state index contributed by atoms with van der Waals surface area (Å²) in [5.41, 5.74) is 17.3. The molecule has 368 valence electrons. The third-order valence-electron chi connectivity index (χ3n) is 13.0. The van der Waals surface area contributed by atoms with Gasteiger partial charge in [0.05, 0.1) is 5.69 Å². The lowest BCUT2D eigenvalue weighted by Crippen LogP contribution is -2.85. The monoisotopic (exact) mass is 892 g/mol. The second-order valence-electron chi connectivity index (χ2n) is 18.9. The van der Waals surface area contributed by atoms with Crippen LogP contribution in [-0.2, 0) is 36.1 Å². The maximum absolute atomic E-state index is 16.5. The molecular weight excluding hydrogens is 791 g/mol. The summed E-state index contributed by atoms with van der Waals surface area (Å²) in [6.45, 7) is 37.7. The van der Waals surface area contributed by atoms with Gasteiger partial charge in [0.2, 0.25) is 0 Å². The van der Waals surface area contributed by atoms with Gasteiger partial charge in [0, 0.05) is 50.1 Å². The van der Waals surface area contributed by atoms with Gasteiger partial charge in [0.1, 0.15) is 5.66 Å². The van der Waals surface area contributed by atoms with Crippen LogP contribution in [0.2, 0.25) is 0 Å². The Morgan fingerprint density at radius 1 is 0.672 bits per heavy atom. The van der Waals surface area contributed by atoms with E-state index in [2.05, 4.69) is 170 Å². The number of benzene rings is 2. The van der Waals surface area contributed by atoms with Crippen molar-refractivity contribution in [2.45, 2.75) is 224 Å². The van der Waals surface area contributed by atoms with E-state index in [0.29, 0.717) is 32.0 Å². The van der Waals surface area contributed by atoms with Gasteiger partial charge in [-0.1, -0.05) is 133 Å². The Labute approximate surface area is 394 Å². The zero-order valence-corrected chi connectivity index (χ0v) is 44.4. The number of rotatable bonds is 35. The van der Waals surface area contributed by atoms with Gasteiger partial charge < -0.3 is 15.5 Å². The number of anilines is 3. The molecule has 2 rings (SSSR count). The number of hydrogen-bond donors (Lipinski definition) is 6. The van der Waals surface area contributed by atoms with E-state index in [9.17, 15) is 0 Å². The van der Waals surface area contributed by atoms with E-state index in [1.165, 1.54) is 39.2 Å². The summed E-state index contributed by atoms with van der Waals surface area (Å²) in [7, 11) is 1.98. The standard InChI is InChI=1S/C54H101N9O/c1-17-27-30-34-38-56-54(52(64)61(16)26-10,62(60-42(13)14)48-36-32-31-35-44(48)21-5)63(58-39-33-28-18-2)53(25-9,57-40-41(11)12)49-45(22-6)50(55-37-29-19-3)47(24-8)51(46(49)23-7)59-43(15)20-4/h31-32,35-36,41-43,55-60H,17-30,33-34,37-40H2,1-16H3. The average molecular weight is 892 g/mol. The van der Waals surface area contributed by atoms with Crippen molar-refractivity contribution >= 4 is 23.0 Å². The Hall–Kier alpha value is -2.89. The second kappa shape index (κ2) is 29.7. The van der Waals surface area contributed by atoms with Crippen molar-refractivity contribution < 1.29 is 4.79 Å². The minimum atomic E-state index is -1.46. The highest BCUT2D eigenvalue weighted by molar-refractivity contribution is 5.89. The zero-order chi connectivity index (χ0) is 47.9. The van der Waals surface area contributed by atoms with Crippen LogP contribution < -0.4 is 37.1 Å². The number of hydrogen-bond acceptors (Lipinski definition) is 9. The second-order valence-corrected chi connectivity index (χ2v) is 18.9. The minimum Gasteiger partial charge on any atom is -0.385 e. The lowest BCUT2D eigenvalue weighted by atomic mass is 9.79. The van der Waals surface area contributed by atoms with Crippen molar-refractivity contribution in [1.82, 2.24) is 31.4 Å². The molecule has 3 unspecified atom stereocenters. The maximum atomic E-state index is 16.5. The van der Waals surface area contributed by atoms with Gasteiger partial charge in [-0.25, -0.2) is 10.9 Å². The molecule has 2 aromatic carbocycles. The van der Waals surface area contributed by atoms with Gasteiger partial charge in [0.25, 0.3) is 11.7 Å². The van der Waals surface area contributed by atoms with Crippen LogP contribution >= 0.6 is 0 Å². The van der Waals surface area contributed by atoms with Crippen LogP contribution in [0.5, 0.6) is 0 Å². The summed E-state index contributed by atoms with van der Waals surface area (Å²) in [6, 6.07) is 8.98. The predicted molar refractivity (Wildman–Crippen MR) is 280 cm³/mol. The van der Waals surface area contributed by atoms with Gasteiger partial charge in [-0.3, -0.25) is 20.4 Å². The van der Waals surface area contributed by atoms with E-state index in [1.54, 1.807) is 0 Å². The summed E-state index contributed by atoms with van der Waals surface area (Å²) in [6.07, 6.45) is 14.8. The number of aryl methyl sites for hydroxylation is 1. The predicted octanol–water partition coefficient (Wildman–Crippen LogP) is 11.9. The molecule has 0 saturated carbocycles. The molecule has 2 aromatic rings. The first kappa shape index (κ1) is 57.2. The molecule has 0 aliphatic heterocycles. The van der Waals surface area contributed by atoms with Crippen LogP contribution in [0, 0.1) is 5.92 Å². The quantitative estimate of drug-likeness (QED) is 0.0230. The Bertz CT molecular complexity index is 1610. The number of carbonyl (C=O) groups is 1. The van der Waals surface area contributed by atoms with Crippen molar-refractivity contribution in [3.05, 3.63) is 52.1 Å². The summed E-state index contributed by atoms with van der Waals surface area (Å²) in [5.74, 6) is -1.12. The van der Waals surface area contributed by atoms with E-state index < -0.39 is 11.4 Å². The third kappa shape index (κ3) is 14.3. The highest BCUT2D eigenvalue weighted by Crippen LogP contribution is 2.47. The lowest BCUT2D eigenvalue weighted by molar-refractivity contribution is -0.168. The number of para-hydroxylation sites is 1. The molecule has 0 spiro atoms. The smallest absolute Gasteiger partial charge is 0.282 e. The molecule has 10 nitrogen and oxygen atoms in total. The van der Waals surface area contributed by atoms with Crippen LogP contribution in [0.15, 0.2) is 24.3 Å². The number of amides is 1. The molecule has 0 fully saturated rings. The fourth-order valence-corrected chi connectivity index (χ4v) is 9.18. The van der Waals surface area contributed by atoms with Crippen LogP contribution in [-0.4, -0.2) is 73.5 Å². The highest BCUT2D eigenvalue weighted by atomic mass is 16.2. The van der Waals surface area contributed by atoms with Crippen molar-refractivity contribution in [2.24, 2.45) is 5.92 Å². The number of hydrazine groups is 2. The molecule has 0 saturated heterocycles. The van der Waals surface area contributed by atoms with Crippen molar-refractivity contribution in [3.63, 3.8) is 0 Å². The molecule has 64 heavy (non-hydrogen) atoms. The first-order valence-corrected chi connectivity index (χ1v) is 26.4. The fourth-order valence-electron chi connectivity index (χ4n) is 9.18. The topological polar surface area (TPSA) is 99.0 Å². The van der Waals surface area contributed by atoms with Gasteiger partial charge in [-0.2, -0.15) is 5.01 Å². The Morgan fingerprint density at radius 3 is 1.83 bits per heavy atom.